The van der Waals surface area contributed by atoms with Crippen molar-refractivity contribution >= 4 is 42.1 Å². The van der Waals surface area contributed by atoms with Crippen molar-refractivity contribution in [1.29, 1.82) is 0 Å². The smallest absolute Gasteiger partial charge is 0.411 e. The van der Waals surface area contributed by atoms with E-state index in [1.165, 1.54) is 37.7 Å². The number of benzene rings is 1. The summed E-state index contributed by atoms with van der Waals surface area (Å²) in [6, 6.07) is 7.94. The molecular weight excluding hydrogens is 610 g/mol. The number of nitrogens with one attached hydrogen (secondary N) is 2. The zero-order chi connectivity index (χ0) is 31.0. The number of carbonyl (C=O) groups excluding carboxylic acids is 3. The number of ether oxygens (including phenoxy) is 1. The molecule has 0 radical (unpaired) electrons. The number of likely N-dealkylation sites (tertiary alicyclic amines) is 2. The summed E-state index contributed by atoms with van der Waals surface area (Å²) in [5.41, 5.74) is 0.353. The molecule has 1 aliphatic carbocycles. The van der Waals surface area contributed by atoms with Crippen LogP contribution in [0.15, 0.2) is 30.3 Å². The highest BCUT2D eigenvalue weighted by atomic mass is 35.5. The van der Waals surface area contributed by atoms with Crippen LogP contribution in [-0.2, 0) is 20.9 Å². The van der Waals surface area contributed by atoms with E-state index in [0.29, 0.717) is 11.7 Å². The third kappa shape index (κ3) is 11.4. The largest absolute Gasteiger partial charge is 0.444 e. The lowest BCUT2D eigenvalue weighted by Gasteiger charge is -2.33. The minimum Gasteiger partial charge on any atom is -0.444 e. The minimum absolute atomic E-state index is 0. The fraction of sp³-hybridized carbons (Fsp3) is 0.719. The molecular formula is C32H49ClF2N4O4S. The van der Waals surface area contributed by atoms with Crippen molar-refractivity contribution in [2.45, 2.75) is 108 Å². The molecule has 2 N–H and O–H groups in total. The summed E-state index contributed by atoms with van der Waals surface area (Å²) in [5.74, 6) is -2.46. The predicted molar refractivity (Wildman–Crippen MR) is 172 cm³/mol. The van der Waals surface area contributed by atoms with Crippen LogP contribution in [0.3, 0.4) is 0 Å². The van der Waals surface area contributed by atoms with Crippen LogP contribution < -0.4 is 10.6 Å². The van der Waals surface area contributed by atoms with E-state index < -0.39 is 48.6 Å². The maximum absolute atomic E-state index is 14.5. The van der Waals surface area contributed by atoms with Crippen molar-refractivity contribution in [3.63, 3.8) is 0 Å². The molecule has 0 bridgehead atoms. The second-order valence-corrected chi connectivity index (χ2v) is 14.4. The highest BCUT2D eigenvalue weighted by Gasteiger charge is 2.51. The van der Waals surface area contributed by atoms with E-state index in [0.717, 1.165) is 43.1 Å². The van der Waals surface area contributed by atoms with Gasteiger partial charge in [-0.15, -0.1) is 12.4 Å². The van der Waals surface area contributed by atoms with Gasteiger partial charge in [0.2, 0.25) is 11.8 Å². The van der Waals surface area contributed by atoms with E-state index in [4.69, 9.17) is 4.74 Å². The molecule has 248 valence electrons. The Balaban J connectivity index is 0.00000529. The van der Waals surface area contributed by atoms with Gasteiger partial charge in [0.1, 0.15) is 17.7 Å². The second kappa shape index (κ2) is 16.5. The lowest BCUT2D eigenvalue weighted by Crippen LogP contribution is -2.56. The van der Waals surface area contributed by atoms with E-state index in [1.54, 1.807) is 32.5 Å². The molecule has 3 fully saturated rings. The summed E-state index contributed by atoms with van der Waals surface area (Å²) < 4.78 is 34.2. The molecule has 3 amide bonds. The zero-order valence-electron chi connectivity index (χ0n) is 26.2. The molecule has 3 aliphatic rings. The fourth-order valence-electron chi connectivity index (χ4n) is 6.10. The number of nitrogens with zero attached hydrogens (tertiary/aromatic N) is 2. The SMILES string of the molecule is CC(C)(C)OC(=O)N1CC(F)(F)C[C@H]1C(=O)N[C@@H](CSCC1CCCCC1)C(=O)NC1CCN(Cc2ccccc2)CC1.Cl. The molecule has 0 spiro atoms. The Morgan fingerprint density at radius 3 is 2.34 bits per heavy atom. The molecule has 2 saturated heterocycles. The van der Waals surface area contributed by atoms with Crippen LogP contribution in [0, 0.1) is 5.92 Å². The highest BCUT2D eigenvalue weighted by Crippen LogP contribution is 2.33. The number of hydrogen-bond acceptors (Lipinski definition) is 6. The van der Waals surface area contributed by atoms with Crippen LogP contribution in [0.5, 0.6) is 0 Å². The predicted octanol–water partition coefficient (Wildman–Crippen LogP) is 5.63. The van der Waals surface area contributed by atoms with Crippen molar-refractivity contribution in [3.8, 4) is 0 Å². The molecule has 1 aromatic rings. The first-order chi connectivity index (χ1) is 20.4. The molecule has 0 unspecified atom stereocenters. The van der Waals surface area contributed by atoms with Gasteiger partial charge in [0, 0.05) is 37.8 Å². The average Bonchev–Trinajstić information content (AvgIpc) is 3.29. The van der Waals surface area contributed by atoms with Gasteiger partial charge in [-0.25, -0.2) is 13.6 Å². The molecule has 44 heavy (non-hydrogen) atoms. The van der Waals surface area contributed by atoms with Crippen molar-refractivity contribution in [3.05, 3.63) is 35.9 Å². The molecule has 1 aromatic carbocycles. The van der Waals surface area contributed by atoms with E-state index in [-0.39, 0.29) is 24.4 Å². The van der Waals surface area contributed by atoms with Gasteiger partial charge >= 0.3 is 6.09 Å². The topological polar surface area (TPSA) is 91.0 Å². The third-order valence-electron chi connectivity index (χ3n) is 8.38. The Kier molecular flexibility index (Phi) is 13.6. The van der Waals surface area contributed by atoms with E-state index >= 15 is 0 Å². The van der Waals surface area contributed by atoms with Gasteiger partial charge in [0.25, 0.3) is 5.92 Å². The van der Waals surface area contributed by atoms with E-state index in [2.05, 4.69) is 27.7 Å². The first kappa shape index (κ1) is 36.4. The van der Waals surface area contributed by atoms with Crippen molar-refractivity contribution in [2.75, 3.05) is 31.1 Å². The average molecular weight is 659 g/mol. The van der Waals surface area contributed by atoms with Crippen molar-refractivity contribution in [2.24, 2.45) is 5.92 Å². The van der Waals surface area contributed by atoms with E-state index in [1.807, 2.05) is 18.2 Å². The maximum atomic E-state index is 14.5. The normalized spacial score (nSPS) is 22.1. The highest BCUT2D eigenvalue weighted by molar-refractivity contribution is 7.99. The lowest BCUT2D eigenvalue weighted by atomic mass is 9.91. The van der Waals surface area contributed by atoms with Crippen LogP contribution in [0.25, 0.3) is 0 Å². The number of rotatable bonds is 10. The summed E-state index contributed by atoms with van der Waals surface area (Å²) in [7, 11) is 0. The van der Waals surface area contributed by atoms with Crippen LogP contribution >= 0.6 is 24.2 Å². The standard InChI is InChI=1S/C32H48F2N4O4S.ClH/c1-31(2,3)42-30(41)38-22-32(33,34)18-27(38)29(40)36-26(21-43-20-24-12-8-5-9-13-24)28(39)35-25-14-16-37(17-15-25)19-23-10-6-4-7-11-23;/h4,6-7,10-11,24-27H,5,8-9,12-22H2,1-3H3,(H,35,39)(H,36,40);1H/t26-,27-;/m0./s1. The van der Waals surface area contributed by atoms with Crippen LogP contribution in [0.4, 0.5) is 13.6 Å². The van der Waals surface area contributed by atoms with Gasteiger partial charge < -0.3 is 15.4 Å². The summed E-state index contributed by atoms with van der Waals surface area (Å²) in [5, 5.41) is 5.87. The molecule has 2 aliphatic heterocycles. The fourth-order valence-corrected chi connectivity index (χ4v) is 7.37. The third-order valence-corrected chi connectivity index (χ3v) is 9.66. The summed E-state index contributed by atoms with van der Waals surface area (Å²) in [4.78, 5) is 42.9. The molecule has 2 heterocycles. The van der Waals surface area contributed by atoms with Gasteiger partial charge in [-0.05, 0) is 63.7 Å². The van der Waals surface area contributed by atoms with Crippen molar-refractivity contribution in [1.82, 2.24) is 20.4 Å². The van der Waals surface area contributed by atoms with Gasteiger partial charge in [0.15, 0.2) is 0 Å². The first-order valence-corrected chi connectivity index (χ1v) is 16.9. The number of carbonyl (C=O) groups is 3. The second-order valence-electron chi connectivity index (χ2n) is 13.3. The van der Waals surface area contributed by atoms with Crippen LogP contribution in [0.1, 0.15) is 77.7 Å². The number of hydrogen-bond donors (Lipinski definition) is 2. The number of thioether (sulfide) groups is 1. The van der Waals surface area contributed by atoms with Crippen LogP contribution in [0.2, 0.25) is 0 Å². The molecule has 12 heteroatoms. The Hall–Kier alpha value is -2.11. The van der Waals surface area contributed by atoms with Gasteiger partial charge in [-0.3, -0.25) is 19.4 Å². The minimum atomic E-state index is -3.22. The first-order valence-electron chi connectivity index (χ1n) is 15.7. The van der Waals surface area contributed by atoms with Gasteiger partial charge in [-0.2, -0.15) is 11.8 Å². The number of alkyl halides is 2. The molecule has 2 atom stereocenters. The summed E-state index contributed by atoms with van der Waals surface area (Å²) in [6.45, 7) is 6.58. The summed E-state index contributed by atoms with van der Waals surface area (Å²) in [6.07, 6.45) is 5.83. The van der Waals surface area contributed by atoms with Gasteiger partial charge in [-0.1, -0.05) is 49.6 Å². The Bertz CT molecular complexity index is 1080. The lowest BCUT2D eigenvalue weighted by molar-refractivity contribution is -0.131. The van der Waals surface area contributed by atoms with E-state index in [9.17, 15) is 23.2 Å². The zero-order valence-corrected chi connectivity index (χ0v) is 27.8. The summed E-state index contributed by atoms with van der Waals surface area (Å²) >= 11 is 1.62. The quantitative estimate of drug-likeness (QED) is 0.339. The van der Waals surface area contributed by atoms with Gasteiger partial charge in [0.05, 0.1) is 6.54 Å². The molecule has 8 nitrogen and oxygen atoms in total. The number of amides is 3. The molecule has 1 saturated carbocycles. The Labute approximate surface area is 271 Å². The Morgan fingerprint density at radius 1 is 1.05 bits per heavy atom. The monoisotopic (exact) mass is 658 g/mol. The molecule has 4 rings (SSSR count). The molecule has 0 aromatic heterocycles. The van der Waals surface area contributed by atoms with Crippen LogP contribution in [-0.4, -0.2) is 88.5 Å². The number of piperidine rings is 1. The number of halogens is 3. The Morgan fingerprint density at radius 2 is 1.70 bits per heavy atom. The maximum Gasteiger partial charge on any atom is 0.411 e. The van der Waals surface area contributed by atoms with Crippen molar-refractivity contribution < 1.29 is 27.9 Å².